The van der Waals surface area contributed by atoms with E-state index in [0.717, 1.165) is 0 Å². The molecule has 1 fully saturated rings. The van der Waals surface area contributed by atoms with Crippen LogP contribution in [-0.4, -0.2) is 36.7 Å². The molecule has 2 unspecified atom stereocenters. The molecule has 0 spiro atoms. The average Bonchev–Trinajstić information content (AvgIpc) is 2.08. The van der Waals surface area contributed by atoms with Crippen molar-refractivity contribution in [2.75, 3.05) is 13.7 Å². The fourth-order valence-electron chi connectivity index (χ4n) is 1.15. The minimum atomic E-state index is -0.848. The summed E-state index contributed by atoms with van der Waals surface area (Å²) in [6.07, 6.45) is -0.495. The van der Waals surface area contributed by atoms with E-state index in [1.165, 1.54) is 7.11 Å². The smallest absolute Gasteiger partial charge is 0.318 e. The van der Waals surface area contributed by atoms with Gasteiger partial charge in [0, 0.05) is 6.54 Å². The summed E-state index contributed by atoms with van der Waals surface area (Å²) in [5.41, 5.74) is 0. The van der Waals surface area contributed by atoms with Gasteiger partial charge < -0.3 is 15.2 Å². The summed E-state index contributed by atoms with van der Waals surface area (Å²) < 4.78 is 4.40. The molecular weight excluding hydrogens is 162 g/mol. The molecular formula is C7H11NO4. The first kappa shape index (κ1) is 8.99. The maximum absolute atomic E-state index is 11.0. The molecule has 0 aliphatic carbocycles. The molecule has 5 heteroatoms. The third kappa shape index (κ3) is 1.73. The monoisotopic (exact) mass is 173 g/mol. The number of carbonyl (C=O) groups is 2. The zero-order valence-electron chi connectivity index (χ0n) is 6.74. The van der Waals surface area contributed by atoms with E-state index in [1.54, 1.807) is 0 Å². The van der Waals surface area contributed by atoms with E-state index in [4.69, 9.17) is 5.11 Å². The number of piperidine rings is 1. The second kappa shape index (κ2) is 3.53. The first-order valence-electron chi connectivity index (χ1n) is 3.68. The Labute approximate surface area is 69.7 Å². The van der Waals surface area contributed by atoms with Gasteiger partial charge in [-0.2, -0.15) is 0 Å². The zero-order valence-corrected chi connectivity index (χ0v) is 6.74. The van der Waals surface area contributed by atoms with Gasteiger partial charge in [-0.3, -0.25) is 9.59 Å². The van der Waals surface area contributed by atoms with Crippen LogP contribution in [-0.2, 0) is 14.3 Å². The van der Waals surface area contributed by atoms with Crippen LogP contribution in [0.1, 0.15) is 6.42 Å². The lowest BCUT2D eigenvalue weighted by Gasteiger charge is -2.23. The van der Waals surface area contributed by atoms with Crippen LogP contribution in [0.15, 0.2) is 0 Å². The number of aliphatic hydroxyl groups is 1. The molecule has 0 aromatic heterocycles. The molecule has 0 radical (unpaired) electrons. The standard InChI is InChI=1S/C7H11NO4/c1-12-7(11)5-2-4(9)3-8-6(5)10/h4-5,9H,2-3H2,1H3,(H,8,10). The van der Waals surface area contributed by atoms with Gasteiger partial charge in [0.2, 0.25) is 5.91 Å². The van der Waals surface area contributed by atoms with Crippen molar-refractivity contribution in [3.8, 4) is 0 Å². The SMILES string of the molecule is COC(=O)C1CC(O)CNC1=O. The minimum Gasteiger partial charge on any atom is -0.468 e. The highest BCUT2D eigenvalue weighted by Crippen LogP contribution is 2.12. The fourth-order valence-corrected chi connectivity index (χ4v) is 1.15. The van der Waals surface area contributed by atoms with E-state index in [0.29, 0.717) is 0 Å². The van der Waals surface area contributed by atoms with Crippen molar-refractivity contribution >= 4 is 11.9 Å². The van der Waals surface area contributed by atoms with Crippen molar-refractivity contribution in [1.82, 2.24) is 5.32 Å². The Bertz CT molecular complexity index is 196. The van der Waals surface area contributed by atoms with Crippen molar-refractivity contribution < 1.29 is 19.4 Å². The van der Waals surface area contributed by atoms with Crippen molar-refractivity contribution in [3.63, 3.8) is 0 Å². The second-order valence-corrected chi connectivity index (χ2v) is 2.71. The summed E-state index contributed by atoms with van der Waals surface area (Å²) in [6, 6.07) is 0. The van der Waals surface area contributed by atoms with Gasteiger partial charge in [0.05, 0.1) is 13.2 Å². The molecule has 2 N–H and O–H groups in total. The predicted molar refractivity (Wildman–Crippen MR) is 39.1 cm³/mol. The number of carbonyl (C=O) groups excluding carboxylic acids is 2. The van der Waals surface area contributed by atoms with E-state index in [2.05, 4.69) is 10.1 Å². The molecule has 1 amide bonds. The van der Waals surface area contributed by atoms with Crippen LogP contribution in [0.5, 0.6) is 0 Å². The molecule has 68 valence electrons. The predicted octanol–water partition coefficient (Wildman–Crippen LogP) is -1.34. The third-order valence-corrected chi connectivity index (χ3v) is 1.82. The lowest BCUT2D eigenvalue weighted by atomic mass is 9.97. The molecule has 1 saturated heterocycles. The van der Waals surface area contributed by atoms with Crippen LogP contribution in [0.25, 0.3) is 0 Å². The summed E-state index contributed by atoms with van der Waals surface area (Å²) in [7, 11) is 1.22. The number of hydrogen-bond acceptors (Lipinski definition) is 4. The number of aliphatic hydroxyl groups excluding tert-OH is 1. The third-order valence-electron chi connectivity index (χ3n) is 1.82. The summed E-state index contributed by atoms with van der Waals surface area (Å²) >= 11 is 0. The van der Waals surface area contributed by atoms with Crippen LogP contribution in [0.2, 0.25) is 0 Å². The van der Waals surface area contributed by atoms with Gasteiger partial charge >= 0.3 is 5.97 Å². The highest BCUT2D eigenvalue weighted by Gasteiger charge is 2.33. The van der Waals surface area contributed by atoms with Crippen molar-refractivity contribution in [2.24, 2.45) is 5.92 Å². The molecule has 12 heavy (non-hydrogen) atoms. The molecule has 1 aliphatic heterocycles. The van der Waals surface area contributed by atoms with E-state index in [-0.39, 0.29) is 18.9 Å². The van der Waals surface area contributed by atoms with Crippen LogP contribution >= 0.6 is 0 Å². The number of amides is 1. The van der Waals surface area contributed by atoms with Crippen LogP contribution < -0.4 is 5.32 Å². The second-order valence-electron chi connectivity index (χ2n) is 2.71. The topological polar surface area (TPSA) is 75.6 Å². The summed E-state index contributed by atoms with van der Waals surface area (Å²) in [5, 5.41) is 11.5. The molecule has 0 aromatic carbocycles. The first-order valence-corrected chi connectivity index (χ1v) is 3.68. The van der Waals surface area contributed by atoms with Gasteiger partial charge in [0.1, 0.15) is 5.92 Å². The molecule has 1 aliphatic rings. The summed E-state index contributed by atoms with van der Waals surface area (Å²) in [4.78, 5) is 21.9. The number of β-amino-alcohol motifs (C(OH)–C–C–N with tert-alkyl or cyclic N) is 1. The highest BCUT2D eigenvalue weighted by atomic mass is 16.5. The molecule has 2 atom stereocenters. The summed E-state index contributed by atoms with van der Waals surface area (Å²) in [6.45, 7) is 0.215. The van der Waals surface area contributed by atoms with E-state index in [9.17, 15) is 9.59 Å². The Morgan fingerprint density at radius 1 is 1.75 bits per heavy atom. The number of hydrogen-bond donors (Lipinski definition) is 2. The maximum atomic E-state index is 11.0. The normalized spacial score (nSPS) is 29.3. The number of ether oxygens (including phenoxy) is 1. The van der Waals surface area contributed by atoms with Crippen LogP contribution in [0, 0.1) is 5.92 Å². The molecule has 1 heterocycles. The Hall–Kier alpha value is -1.10. The summed E-state index contributed by atoms with van der Waals surface area (Å²) in [5.74, 6) is -1.81. The van der Waals surface area contributed by atoms with Gasteiger partial charge in [-0.25, -0.2) is 0 Å². The van der Waals surface area contributed by atoms with Crippen molar-refractivity contribution in [2.45, 2.75) is 12.5 Å². The van der Waals surface area contributed by atoms with Gasteiger partial charge in [-0.1, -0.05) is 0 Å². The Morgan fingerprint density at radius 2 is 2.42 bits per heavy atom. The first-order chi connectivity index (χ1) is 5.65. The van der Waals surface area contributed by atoms with Gasteiger partial charge in [0.25, 0.3) is 0 Å². The van der Waals surface area contributed by atoms with E-state index < -0.39 is 18.0 Å². The lowest BCUT2D eigenvalue weighted by Crippen LogP contribution is -2.47. The maximum Gasteiger partial charge on any atom is 0.318 e. The van der Waals surface area contributed by atoms with Gasteiger partial charge in [-0.15, -0.1) is 0 Å². The molecule has 5 nitrogen and oxygen atoms in total. The van der Waals surface area contributed by atoms with Gasteiger partial charge in [-0.05, 0) is 6.42 Å². The fraction of sp³-hybridized carbons (Fsp3) is 0.714. The van der Waals surface area contributed by atoms with Crippen LogP contribution in [0.4, 0.5) is 0 Å². The molecule has 0 bridgehead atoms. The Kier molecular flexibility index (Phi) is 2.65. The van der Waals surface area contributed by atoms with E-state index in [1.807, 2.05) is 0 Å². The van der Waals surface area contributed by atoms with E-state index >= 15 is 0 Å². The largest absolute Gasteiger partial charge is 0.468 e. The lowest BCUT2D eigenvalue weighted by molar-refractivity contribution is -0.153. The van der Waals surface area contributed by atoms with Crippen molar-refractivity contribution in [1.29, 1.82) is 0 Å². The van der Waals surface area contributed by atoms with Gasteiger partial charge in [0.15, 0.2) is 0 Å². The molecule has 1 rings (SSSR count). The quantitative estimate of drug-likeness (QED) is 0.380. The number of methoxy groups -OCH3 is 1. The molecule has 0 saturated carbocycles. The van der Waals surface area contributed by atoms with Crippen LogP contribution in [0.3, 0.4) is 0 Å². The number of rotatable bonds is 1. The van der Waals surface area contributed by atoms with Crippen molar-refractivity contribution in [3.05, 3.63) is 0 Å². The molecule has 0 aromatic rings. The highest BCUT2D eigenvalue weighted by molar-refractivity contribution is 5.98. The zero-order chi connectivity index (χ0) is 9.14. The average molecular weight is 173 g/mol. The number of nitrogens with one attached hydrogen (secondary N) is 1. The minimum absolute atomic E-state index is 0.151. The Morgan fingerprint density at radius 3 is 3.00 bits per heavy atom. The number of esters is 1. The Balaban J connectivity index is 2.60.